The molecule has 5 nitrogen and oxygen atoms in total. The SMILES string of the molecule is CS(=O)(=O)[C@@H]1CCN(C(=O)NCCCSc2ccccc2)C1. The van der Waals surface area contributed by atoms with Gasteiger partial charge in [-0.05, 0) is 30.7 Å². The maximum atomic E-state index is 12.0. The quantitative estimate of drug-likeness (QED) is 0.634. The van der Waals surface area contributed by atoms with Gasteiger partial charge in [0.05, 0.1) is 5.25 Å². The summed E-state index contributed by atoms with van der Waals surface area (Å²) >= 11 is 1.76. The standard InChI is InChI=1S/C15H22N2O3S2/c1-22(19,20)14-8-10-17(12-14)15(18)16-9-5-11-21-13-6-3-2-4-7-13/h2-4,6-7,14H,5,8-12H2,1H3,(H,16,18)/t14-/m1/s1. The normalized spacial score (nSPS) is 18.4. The maximum absolute atomic E-state index is 12.0. The molecule has 1 aromatic carbocycles. The van der Waals surface area contributed by atoms with Gasteiger partial charge >= 0.3 is 6.03 Å². The van der Waals surface area contributed by atoms with E-state index in [0.29, 0.717) is 26.1 Å². The fourth-order valence-electron chi connectivity index (χ4n) is 2.35. The molecule has 1 fully saturated rings. The molecule has 0 unspecified atom stereocenters. The van der Waals surface area contributed by atoms with E-state index in [9.17, 15) is 13.2 Å². The number of hydrogen-bond donors (Lipinski definition) is 1. The Kier molecular flexibility index (Phi) is 6.14. The van der Waals surface area contributed by atoms with Gasteiger partial charge in [0.15, 0.2) is 9.84 Å². The zero-order valence-corrected chi connectivity index (χ0v) is 14.3. The molecule has 1 aliphatic heterocycles. The fraction of sp³-hybridized carbons (Fsp3) is 0.533. The molecule has 1 heterocycles. The summed E-state index contributed by atoms with van der Waals surface area (Å²) in [6, 6.07) is 9.99. The van der Waals surface area contributed by atoms with Crippen molar-refractivity contribution in [3.63, 3.8) is 0 Å². The molecular formula is C15H22N2O3S2. The molecule has 1 atom stereocenters. The summed E-state index contributed by atoms with van der Waals surface area (Å²) in [5, 5.41) is 2.45. The number of nitrogens with one attached hydrogen (secondary N) is 1. The summed E-state index contributed by atoms with van der Waals surface area (Å²) < 4.78 is 22.9. The number of urea groups is 1. The van der Waals surface area contributed by atoms with Gasteiger partial charge in [0, 0.05) is 30.8 Å². The van der Waals surface area contributed by atoms with Crippen LogP contribution in [-0.4, -0.2) is 56.2 Å². The van der Waals surface area contributed by atoms with Gasteiger partial charge in [-0.25, -0.2) is 13.2 Å². The molecule has 1 aromatic rings. The van der Waals surface area contributed by atoms with E-state index in [1.807, 2.05) is 18.2 Å². The van der Waals surface area contributed by atoms with Crippen molar-refractivity contribution in [1.82, 2.24) is 10.2 Å². The Balaban J connectivity index is 1.62. The number of carbonyl (C=O) groups is 1. The third kappa shape index (κ3) is 5.21. The molecule has 0 aliphatic carbocycles. The highest BCUT2D eigenvalue weighted by atomic mass is 32.2. The maximum Gasteiger partial charge on any atom is 0.317 e. The lowest BCUT2D eigenvalue weighted by Gasteiger charge is -2.17. The van der Waals surface area contributed by atoms with Crippen molar-refractivity contribution in [3.8, 4) is 0 Å². The van der Waals surface area contributed by atoms with Crippen LogP contribution in [0.1, 0.15) is 12.8 Å². The summed E-state index contributed by atoms with van der Waals surface area (Å²) in [7, 11) is -3.05. The van der Waals surface area contributed by atoms with Gasteiger partial charge in [0.25, 0.3) is 0 Å². The molecule has 1 saturated heterocycles. The molecule has 7 heteroatoms. The van der Waals surface area contributed by atoms with E-state index >= 15 is 0 Å². The number of hydrogen-bond acceptors (Lipinski definition) is 4. The molecule has 0 aromatic heterocycles. The summed E-state index contributed by atoms with van der Waals surface area (Å²) in [5.41, 5.74) is 0. The van der Waals surface area contributed by atoms with Crippen molar-refractivity contribution in [2.75, 3.05) is 31.6 Å². The van der Waals surface area contributed by atoms with Crippen molar-refractivity contribution < 1.29 is 13.2 Å². The number of benzene rings is 1. The lowest BCUT2D eigenvalue weighted by atomic mass is 10.4. The van der Waals surface area contributed by atoms with Crippen LogP contribution in [0, 0.1) is 0 Å². The van der Waals surface area contributed by atoms with Gasteiger partial charge in [0.1, 0.15) is 0 Å². The number of amides is 2. The Hall–Kier alpha value is -1.21. The average Bonchev–Trinajstić information content (AvgIpc) is 2.98. The molecule has 1 aliphatic rings. The number of nitrogens with zero attached hydrogens (tertiary/aromatic N) is 1. The molecule has 22 heavy (non-hydrogen) atoms. The van der Waals surface area contributed by atoms with E-state index in [1.54, 1.807) is 16.7 Å². The first-order valence-electron chi connectivity index (χ1n) is 7.36. The second kappa shape index (κ2) is 7.87. The van der Waals surface area contributed by atoms with Crippen molar-refractivity contribution in [2.45, 2.75) is 23.0 Å². The minimum absolute atomic E-state index is 0.157. The average molecular weight is 342 g/mol. The van der Waals surface area contributed by atoms with Gasteiger partial charge in [-0.1, -0.05) is 18.2 Å². The van der Waals surface area contributed by atoms with Crippen LogP contribution in [0.5, 0.6) is 0 Å². The molecule has 2 amide bonds. The van der Waals surface area contributed by atoms with Gasteiger partial charge < -0.3 is 10.2 Å². The van der Waals surface area contributed by atoms with Crippen LogP contribution in [0.4, 0.5) is 4.79 Å². The molecule has 122 valence electrons. The Morgan fingerprint density at radius 1 is 1.36 bits per heavy atom. The van der Waals surface area contributed by atoms with E-state index in [1.165, 1.54) is 11.2 Å². The first kappa shape index (κ1) is 17.1. The highest BCUT2D eigenvalue weighted by molar-refractivity contribution is 7.99. The third-order valence-corrected chi connectivity index (χ3v) is 6.34. The Morgan fingerprint density at radius 2 is 2.09 bits per heavy atom. The summed E-state index contributed by atoms with van der Waals surface area (Å²) in [6.07, 6.45) is 2.66. The lowest BCUT2D eigenvalue weighted by molar-refractivity contribution is 0.209. The molecule has 0 saturated carbocycles. The van der Waals surface area contributed by atoms with Crippen LogP contribution in [0.3, 0.4) is 0 Å². The lowest BCUT2D eigenvalue weighted by Crippen LogP contribution is -2.40. The summed E-state index contributed by atoms with van der Waals surface area (Å²) in [6.45, 7) is 1.43. The first-order chi connectivity index (χ1) is 10.5. The van der Waals surface area contributed by atoms with Gasteiger partial charge in [-0.3, -0.25) is 0 Å². The van der Waals surface area contributed by atoms with Crippen molar-refractivity contribution in [1.29, 1.82) is 0 Å². The van der Waals surface area contributed by atoms with Crippen LogP contribution >= 0.6 is 11.8 Å². The van der Waals surface area contributed by atoms with Crippen LogP contribution in [0.15, 0.2) is 35.2 Å². The molecule has 0 spiro atoms. The summed E-state index contributed by atoms with van der Waals surface area (Å²) in [4.78, 5) is 14.8. The molecule has 2 rings (SSSR count). The van der Waals surface area contributed by atoms with Crippen LogP contribution in [0.2, 0.25) is 0 Å². The number of sulfone groups is 1. The first-order valence-corrected chi connectivity index (χ1v) is 10.3. The van der Waals surface area contributed by atoms with Crippen molar-refractivity contribution >= 4 is 27.6 Å². The minimum Gasteiger partial charge on any atom is -0.338 e. The van der Waals surface area contributed by atoms with Gasteiger partial charge in [-0.15, -0.1) is 11.8 Å². The van der Waals surface area contributed by atoms with Gasteiger partial charge in [0.2, 0.25) is 0 Å². The van der Waals surface area contributed by atoms with E-state index in [-0.39, 0.29) is 6.03 Å². The number of thioether (sulfide) groups is 1. The van der Waals surface area contributed by atoms with Crippen LogP contribution in [-0.2, 0) is 9.84 Å². The molecule has 0 radical (unpaired) electrons. The van der Waals surface area contributed by atoms with Crippen molar-refractivity contribution in [2.24, 2.45) is 0 Å². The predicted molar refractivity (Wildman–Crippen MR) is 90.0 cm³/mol. The largest absolute Gasteiger partial charge is 0.338 e. The van der Waals surface area contributed by atoms with Crippen LogP contribution < -0.4 is 5.32 Å². The van der Waals surface area contributed by atoms with Crippen molar-refractivity contribution in [3.05, 3.63) is 30.3 Å². The van der Waals surface area contributed by atoms with E-state index in [0.717, 1.165) is 12.2 Å². The second-order valence-electron chi connectivity index (χ2n) is 5.43. The highest BCUT2D eigenvalue weighted by Gasteiger charge is 2.32. The Labute approximate surface area is 136 Å². The van der Waals surface area contributed by atoms with Gasteiger partial charge in [-0.2, -0.15) is 0 Å². The fourth-order valence-corrected chi connectivity index (χ4v) is 4.21. The molecular weight excluding hydrogens is 320 g/mol. The highest BCUT2D eigenvalue weighted by Crippen LogP contribution is 2.18. The zero-order valence-electron chi connectivity index (χ0n) is 12.7. The van der Waals surface area contributed by atoms with Crippen LogP contribution in [0.25, 0.3) is 0 Å². The summed E-state index contributed by atoms with van der Waals surface area (Å²) in [5.74, 6) is 0.941. The Bertz CT molecular complexity index is 590. The van der Waals surface area contributed by atoms with E-state index in [2.05, 4.69) is 17.4 Å². The van der Waals surface area contributed by atoms with E-state index < -0.39 is 15.1 Å². The number of carbonyl (C=O) groups excluding carboxylic acids is 1. The third-order valence-electron chi connectivity index (χ3n) is 3.65. The zero-order chi connectivity index (χ0) is 16.0. The second-order valence-corrected chi connectivity index (χ2v) is 8.93. The minimum atomic E-state index is -3.05. The van der Waals surface area contributed by atoms with E-state index in [4.69, 9.17) is 0 Å². The topological polar surface area (TPSA) is 66.5 Å². The molecule has 0 bridgehead atoms. The smallest absolute Gasteiger partial charge is 0.317 e. The monoisotopic (exact) mass is 342 g/mol. The Morgan fingerprint density at radius 3 is 2.73 bits per heavy atom. The number of likely N-dealkylation sites (tertiary alicyclic amines) is 1. The molecule has 1 N–H and O–H groups in total. The predicted octanol–water partition coefficient (Wildman–Crippen LogP) is 2.00. The number of rotatable bonds is 6.